The van der Waals surface area contributed by atoms with E-state index in [0.717, 1.165) is 11.8 Å². The van der Waals surface area contributed by atoms with E-state index in [1.165, 1.54) is 13.3 Å². The van der Waals surface area contributed by atoms with E-state index in [1.54, 1.807) is 12.1 Å². The number of fused-ring (bicyclic) bond motifs is 1. The Morgan fingerprint density at radius 2 is 2.16 bits per heavy atom. The molecule has 25 heavy (non-hydrogen) atoms. The Hall–Kier alpha value is -2.75. The second-order valence-corrected chi connectivity index (χ2v) is 6.27. The summed E-state index contributed by atoms with van der Waals surface area (Å²) in [5, 5.41) is 18.7. The molecule has 2 aliphatic rings. The van der Waals surface area contributed by atoms with E-state index >= 15 is 0 Å². The lowest BCUT2D eigenvalue weighted by atomic mass is 10.2. The molecule has 3 rings (SSSR count). The Morgan fingerprint density at radius 1 is 1.44 bits per heavy atom. The van der Waals surface area contributed by atoms with E-state index in [4.69, 9.17) is 19.3 Å². The molecular weight excluding hydrogens is 350 g/mol. The van der Waals surface area contributed by atoms with Gasteiger partial charge in [0.15, 0.2) is 16.7 Å². The first-order valence-corrected chi connectivity index (χ1v) is 8.22. The molecule has 1 atom stereocenters. The van der Waals surface area contributed by atoms with Crippen LogP contribution in [0.25, 0.3) is 0 Å². The summed E-state index contributed by atoms with van der Waals surface area (Å²) in [6.07, 6.45) is 1.19. The number of carboxylic acids is 1. The van der Waals surface area contributed by atoms with Crippen LogP contribution in [0.4, 0.5) is 0 Å². The molecule has 9 nitrogen and oxygen atoms in total. The average Bonchev–Trinajstić information content (AvgIpc) is 2.93. The van der Waals surface area contributed by atoms with Gasteiger partial charge in [0.05, 0.1) is 19.7 Å². The molecule has 0 bridgehead atoms. The molecule has 0 radical (unpaired) electrons. The van der Waals surface area contributed by atoms with Gasteiger partial charge >= 0.3 is 5.97 Å². The molecule has 0 spiro atoms. The summed E-state index contributed by atoms with van der Waals surface area (Å²) in [5.41, 5.74) is 0.632. The minimum absolute atomic E-state index is 0.254. The number of amidine groups is 1. The molecule has 0 aliphatic carbocycles. The van der Waals surface area contributed by atoms with Crippen molar-refractivity contribution in [3.05, 3.63) is 17.7 Å². The van der Waals surface area contributed by atoms with Crippen molar-refractivity contribution in [1.82, 2.24) is 5.32 Å². The van der Waals surface area contributed by atoms with Gasteiger partial charge < -0.3 is 24.6 Å². The Morgan fingerprint density at radius 3 is 2.84 bits per heavy atom. The second-order valence-electron chi connectivity index (χ2n) is 5.08. The fourth-order valence-corrected chi connectivity index (χ4v) is 3.17. The van der Waals surface area contributed by atoms with Crippen LogP contribution >= 0.6 is 11.8 Å². The van der Waals surface area contributed by atoms with Gasteiger partial charge in [0.1, 0.15) is 24.2 Å². The number of carbonyl (C=O) groups is 2. The van der Waals surface area contributed by atoms with Gasteiger partial charge in [0, 0.05) is 11.6 Å². The third kappa shape index (κ3) is 4.02. The molecule has 2 N–H and O–H groups in total. The van der Waals surface area contributed by atoms with Crippen LogP contribution in [0.1, 0.15) is 12.0 Å². The maximum Gasteiger partial charge on any atom is 0.305 e. The smallest absolute Gasteiger partial charge is 0.305 e. The van der Waals surface area contributed by atoms with Crippen molar-refractivity contribution in [2.75, 3.05) is 20.3 Å². The van der Waals surface area contributed by atoms with Crippen LogP contribution in [-0.4, -0.2) is 53.9 Å². The van der Waals surface area contributed by atoms with Gasteiger partial charge in [-0.25, -0.2) is 0 Å². The van der Waals surface area contributed by atoms with Gasteiger partial charge in [0.2, 0.25) is 5.91 Å². The van der Waals surface area contributed by atoms with Crippen LogP contribution in [0.15, 0.2) is 22.3 Å². The zero-order valence-corrected chi connectivity index (χ0v) is 14.0. The normalized spacial score (nSPS) is 20.8. The molecule has 1 amide bonds. The van der Waals surface area contributed by atoms with Crippen molar-refractivity contribution in [1.29, 1.82) is 0 Å². The Bertz CT molecular complexity index is 764. The molecule has 2 heterocycles. The lowest BCUT2D eigenvalue weighted by molar-refractivity contribution is -0.138. The van der Waals surface area contributed by atoms with Gasteiger partial charge in [-0.2, -0.15) is 5.10 Å². The standard InChI is InChI=1S/C15H15N3O6S/c1-22-9-5-11-10(23-2-3-24-11)4-8(9)7-16-18-15-17-14(21)12(25-15)6-13(19)20/h4-5,7,12H,2-3,6H2,1H3,(H,19,20)(H,17,18,21). The molecule has 1 fully saturated rings. The third-order valence-electron chi connectivity index (χ3n) is 3.38. The number of ether oxygens (including phenoxy) is 3. The molecular formula is C15H15N3O6S. The molecule has 0 aromatic heterocycles. The van der Waals surface area contributed by atoms with E-state index in [9.17, 15) is 9.59 Å². The molecule has 1 saturated heterocycles. The number of hydrogen-bond donors (Lipinski definition) is 2. The molecule has 10 heteroatoms. The van der Waals surface area contributed by atoms with Crippen LogP contribution in [0, 0.1) is 0 Å². The largest absolute Gasteiger partial charge is 0.496 e. The number of carbonyl (C=O) groups excluding carboxylic acids is 1. The Labute approximate surface area is 147 Å². The zero-order valence-electron chi connectivity index (χ0n) is 13.2. The molecule has 1 aromatic rings. The van der Waals surface area contributed by atoms with Crippen LogP contribution < -0.4 is 19.5 Å². The number of carboxylic acid groups (broad SMARTS) is 1. The average molecular weight is 365 g/mol. The summed E-state index contributed by atoms with van der Waals surface area (Å²) < 4.78 is 16.3. The predicted molar refractivity (Wildman–Crippen MR) is 90.8 cm³/mol. The Kier molecular flexibility index (Phi) is 5.08. The quantitative estimate of drug-likeness (QED) is 0.587. The van der Waals surface area contributed by atoms with Crippen LogP contribution in [0.5, 0.6) is 17.2 Å². The van der Waals surface area contributed by atoms with Crippen LogP contribution in [0.2, 0.25) is 0 Å². The summed E-state index contributed by atoms with van der Waals surface area (Å²) >= 11 is 1.03. The van der Waals surface area contributed by atoms with E-state index in [1.807, 2.05) is 0 Å². The van der Waals surface area contributed by atoms with Crippen molar-refractivity contribution in [3.63, 3.8) is 0 Å². The van der Waals surface area contributed by atoms with Crippen LogP contribution in [0.3, 0.4) is 0 Å². The van der Waals surface area contributed by atoms with Gasteiger partial charge in [-0.1, -0.05) is 11.8 Å². The van der Waals surface area contributed by atoms with E-state index in [-0.39, 0.29) is 11.6 Å². The lowest BCUT2D eigenvalue weighted by Crippen LogP contribution is -2.26. The number of nitrogens with one attached hydrogen (secondary N) is 1. The number of aliphatic carboxylic acids is 1. The van der Waals surface area contributed by atoms with Crippen molar-refractivity contribution >= 4 is 35.0 Å². The zero-order chi connectivity index (χ0) is 17.8. The predicted octanol–water partition coefficient (Wildman–Crippen LogP) is 0.863. The Balaban J connectivity index is 1.74. The number of benzene rings is 1. The number of hydrogen-bond acceptors (Lipinski definition) is 8. The van der Waals surface area contributed by atoms with Gasteiger partial charge in [-0.15, -0.1) is 5.10 Å². The van der Waals surface area contributed by atoms with Crippen molar-refractivity contribution < 1.29 is 28.9 Å². The highest BCUT2D eigenvalue weighted by Crippen LogP contribution is 2.36. The summed E-state index contributed by atoms with van der Waals surface area (Å²) in [5.74, 6) is 0.296. The van der Waals surface area contributed by atoms with Crippen molar-refractivity contribution in [2.45, 2.75) is 11.7 Å². The highest BCUT2D eigenvalue weighted by Gasteiger charge is 2.32. The third-order valence-corrected chi connectivity index (χ3v) is 4.45. The molecule has 2 aliphatic heterocycles. The molecule has 1 aromatic carbocycles. The second kappa shape index (κ2) is 7.43. The number of thioether (sulfide) groups is 1. The number of nitrogens with zero attached hydrogens (tertiary/aromatic N) is 2. The fourth-order valence-electron chi connectivity index (χ4n) is 2.25. The topological polar surface area (TPSA) is 119 Å². The summed E-state index contributed by atoms with van der Waals surface area (Å²) in [7, 11) is 1.53. The highest BCUT2D eigenvalue weighted by atomic mass is 32.2. The fraction of sp³-hybridized carbons (Fsp3) is 0.333. The van der Waals surface area contributed by atoms with E-state index < -0.39 is 17.1 Å². The SMILES string of the molecule is COc1cc2c(cc1C=NN=C1NC(=O)C(CC(=O)O)S1)OCCO2. The lowest BCUT2D eigenvalue weighted by Gasteiger charge is -2.19. The van der Waals surface area contributed by atoms with Crippen molar-refractivity contribution in [3.8, 4) is 17.2 Å². The monoisotopic (exact) mass is 365 g/mol. The maximum absolute atomic E-state index is 11.6. The molecule has 1 unspecified atom stereocenters. The van der Waals surface area contributed by atoms with Gasteiger partial charge in [-0.05, 0) is 6.07 Å². The molecule has 0 saturated carbocycles. The summed E-state index contributed by atoms with van der Waals surface area (Å²) in [6.45, 7) is 0.942. The first-order valence-electron chi connectivity index (χ1n) is 7.35. The first kappa shape index (κ1) is 17.1. The maximum atomic E-state index is 11.6. The summed E-state index contributed by atoms with van der Waals surface area (Å²) in [6, 6.07) is 3.43. The van der Waals surface area contributed by atoms with E-state index in [0.29, 0.717) is 36.0 Å². The number of methoxy groups -OCH3 is 1. The van der Waals surface area contributed by atoms with Gasteiger partial charge in [-0.3, -0.25) is 9.59 Å². The first-order chi connectivity index (χ1) is 12.1. The van der Waals surface area contributed by atoms with E-state index in [2.05, 4.69) is 15.5 Å². The minimum atomic E-state index is -1.04. The number of amides is 1. The summed E-state index contributed by atoms with van der Waals surface area (Å²) in [4.78, 5) is 22.3. The van der Waals surface area contributed by atoms with Crippen LogP contribution in [-0.2, 0) is 9.59 Å². The number of rotatable bonds is 5. The van der Waals surface area contributed by atoms with Crippen molar-refractivity contribution in [2.24, 2.45) is 10.2 Å². The minimum Gasteiger partial charge on any atom is -0.496 e. The van der Waals surface area contributed by atoms with Gasteiger partial charge in [0.25, 0.3) is 0 Å². The highest BCUT2D eigenvalue weighted by molar-refractivity contribution is 8.15. The molecule has 132 valence electrons.